The van der Waals surface area contributed by atoms with Crippen molar-refractivity contribution >= 4 is 18.2 Å². The van der Waals surface area contributed by atoms with E-state index >= 15 is 0 Å². The zero-order chi connectivity index (χ0) is 14.0. The van der Waals surface area contributed by atoms with Crippen LogP contribution in [-0.4, -0.2) is 41.2 Å². The molecule has 0 saturated carbocycles. The third-order valence-electron chi connectivity index (χ3n) is 2.06. The van der Waals surface area contributed by atoms with Crippen LogP contribution in [0, 0.1) is 0 Å². The Morgan fingerprint density at radius 2 is 2.06 bits per heavy atom. The molecule has 0 aromatic carbocycles. The van der Waals surface area contributed by atoms with Crippen LogP contribution in [0.25, 0.3) is 0 Å². The molecule has 100 valence electrons. The molecule has 0 bridgehead atoms. The van der Waals surface area contributed by atoms with Crippen molar-refractivity contribution in [3.63, 3.8) is 0 Å². The second-order valence-electron chi connectivity index (χ2n) is 4.75. The molecule has 18 heavy (non-hydrogen) atoms. The first-order chi connectivity index (χ1) is 8.20. The molecule has 1 rings (SSSR count). The first kappa shape index (κ1) is 14.4. The summed E-state index contributed by atoms with van der Waals surface area (Å²) in [6, 6.07) is 0. The van der Waals surface area contributed by atoms with Gasteiger partial charge < -0.3 is 14.6 Å². The molecule has 1 aliphatic heterocycles. The maximum atomic E-state index is 11.8. The van der Waals surface area contributed by atoms with E-state index in [-0.39, 0.29) is 12.2 Å². The number of aliphatic hydroxyl groups is 1. The molecule has 0 aromatic rings. The Hall–Kier alpha value is -1.69. The van der Waals surface area contributed by atoms with E-state index < -0.39 is 23.3 Å². The van der Waals surface area contributed by atoms with Gasteiger partial charge in [0.2, 0.25) is 0 Å². The van der Waals surface area contributed by atoms with Gasteiger partial charge in [-0.3, -0.25) is 0 Å². The number of carbonyl (C=O) groups is 2. The van der Waals surface area contributed by atoms with Crippen molar-refractivity contribution in [2.45, 2.75) is 39.0 Å². The van der Waals surface area contributed by atoms with Crippen LogP contribution in [0.1, 0.15) is 27.7 Å². The Balaban J connectivity index is 2.90. The summed E-state index contributed by atoms with van der Waals surface area (Å²) in [5.41, 5.74) is -3.26. The van der Waals surface area contributed by atoms with Gasteiger partial charge in [0.15, 0.2) is 0 Å². The van der Waals surface area contributed by atoms with Gasteiger partial charge in [-0.1, -0.05) is 0 Å². The molecule has 0 amide bonds. The molecule has 1 unspecified atom stereocenters. The van der Waals surface area contributed by atoms with Crippen molar-refractivity contribution in [3.05, 3.63) is 11.6 Å². The highest BCUT2D eigenvalue weighted by molar-refractivity contribution is 6.06. The normalized spacial score (nSPS) is 22.6. The number of ether oxygens (including phenoxy) is 2. The van der Waals surface area contributed by atoms with Crippen LogP contribution in [0.5, 0.6) is 0 Å². The second-order valence-corrected chi connectivity index (χ2v) is 4.75. The topological polar surface area (TPSA) is 85.2 Å². The predicted octanol–water partition coefficient (Wildman–Crippen LogP) is 0.591. The fourth-order valence-electron chi connectivity index (χ4n) is 1.34. The van der Waals surface area contributed by atoms with Crippen LogP contribution < -0.4 is 0 Å². The van der Waals surface area contributed by atoms with Crippen LogP contribution in [0.15, 0.2) is 16.6 Å². The van der Waals surface area contributed by atoms with Crippen molar-refractivity contribution in [1.29, 1.82) is 0 Å². The molecule has 1 heterocycles. The summed E-state index contributed by atoms with van der Waals surface area (Å²) >= 11 is 0. The van der Waals surface area contributed by atoms with E-state index in [1.54, 1.807) is 27.7 Å². The zero-order valence-corrected chi connectivity index (χ0v) is 10.9. The van der Waals surface area contributed by atoms with Gasteiger partial charge in [-0.05, 0) is 33.8 Å². The maximum Gasteiger partial charge on any atom is 0.366 e. The summed E-state index contributed by atoms with van der Waals surface area (Å²) in [5, 5.41) is 10.1. The predicted molar refractivity (Wildman–Crippen MR) is 64.0 cm³/mol. The van der Waals surface area contributed by atoms with E-state index in [0.717, 1.165) is 0 Å². The summed E-state index contributed by atoms with van der Waals surface area (Å²) in [6.45, 7) is 6.73. The van der Waals surface area contributed by atoms with E-state index in [0.29, 0.717) is 0 Å². The van der Waals surface area contributed by atoms with Gasteiger partial charge in [-0.15, -0.1) is 0 Å². The molecule has 0 spiro atoms. The second kappa shape index (κ2) is 4.89. The summed E-state index contributed by atoms with van der Waals surface area (Å²) < 4.78 is 9.78. The molecule has 6 nitrogen and oxygen atoms in total. The van der Waals surface area contributed by atoms with Gasteiger partial charge in [0.05, 0.1) is 6.61 Å². The third-order valence-corrected chi connectivity index (χ3v) is 2.06. The van der Waals surface area contributed by atoms with Gasteiger partial charge >= 0.3 is 11.9 Å². The number of rotatable bonds is 3. The molecule has 1 atom stereocenters. The van der Waals surface area contributed by atoms with Crippen LogP contribution in [-0.2, 0) is 19.1 Å². The van der Waals surface area contributed by atoms with Crippen molar-refractivity contribution in [2.24, 2.45) is 4.99 Å². The van der Waals surface area contributed by atoms with E-state index in [2.05, 4.69) is 9.73 Å². The monoisotopic (exact) mass is 255 g/mol. The first-order valence-electron chi connectivity index (χ1n) is 5.59. The lowest BCUT2D eigenvalue weighted by Crippen LogP contribution is -2.43. The van der Waals surface area contributed by atoms with Crippen LogP contribution in [0.4, 0.5) is 0 Å². The number of aliphatic imine (C=N–C) groups is 1. The van der Waals surface area contributed by atoms with Gasteiger partial charge in [0, 0.05) is 6.21 Å². The molecule has 0 fully saturated rings. The number of hydrogen-bond donors (Lipinski definition) is 1. The SMILES string of the molecule is CCOC(=O)C1(O)N=CC=C1C(=O)OC(C)(C)C. The van der Waals surface area contributed by atoms with Crippen LogP contribution in [0.2, 0.25) is 0 Å². The number of carbonyl (C=O) groups excluding carboxylic acids is 2. The number of hydrogen-bond acceptors (Lipinski definition) is 6. The highest BCUT2D eigenvalue weighted by Gasteiger charge is 2.48. The van der Waals surface area contributed by atoms with Crippen molar-refractivity contribution in [3.8, 4) is 0 Å². The maximum absolute atomic E-state index is 11.8. The largest absolute Gasteiger partial charge is 0.462 e. The molecular formula is C12H17NO5. The minimum Gasteiger partial charge on any atom is -0.462 e. The van der Waals surface area contributed by atoms with Gasteiger partial charge in [-0.2, -0.15) is 0 Å². The van der Waals surface area contributed by atoms with E-state index in [4.69, 9.17) is 4.74 Å². The third kappa shape index (κ3) is 2.95. The van der Waals surface area contributed by atoms with Crippen molar-refractivity contribution in [2.75, 3.05) is 6.61 Å². The summed E-state index contributed by atoms with van der Waals surface area (Å²) in [4.78, 5) is 27.0. The molecular weight excluding hydrogens is 238 g/mol. The van der Waals surface area contributed by atoms with Crippen LogP contribution >= 0.6 is 0 Å². The van der Waals surface area contributed by atoms with E-state index in [1.807, 2.05) is 0 Å². The molecule has 0 aromatic heterocycles. The quantitative estimate of drug-likeness (QED) is 0.746. The Bertz CT molecular complexity index is 419. The van der Waals surface area contributed by atoms with Crippen LogP contribution in [0.3, 0.4) is 0 Å². The average molecular weight is 255 g/mol. The lowest BCUT2D eigenvalue weighted by Gasteiger charge is -2.24. The fourth-order valence-corrected chi connectivity index (χ4v) is 1.34. The first-order valence-corrected chi connectivity index (χ1v) is 5.59. The van der Waals surface area contributed by atoms with Crippen molar-refractivity contribution in [1.82, 2.24) is 0 Å². The Morgan fingerprint density at radius 1 is 1.44 bits per heavy atom. The number of nitrogens with zero attached hydrogens (tertiary/aromatic N) is 1. The zero-order valence-electron chi connectivity index (χ0n) is 10.9. The highest BCUT2D eigenvalue weighted by atomic mass is 16.6. The number of esters is 2. The number of allylic oxidation sites excluding steroid dienone is 1. The fraction of sp³-hybridized carbons (Fsp3) is 0.583. The molecule has 1 aliphatic rings. The lowest BCUT2D eigenvalue weighted by atomic mass is 10.1. The van der Waals surface area contributed by atoms with E-state index in [9.17, 15) is 14.7 Å². The van der Waals surface area contributed by atoms with Gasteiger partial charge in [0.1, 0.15) is 11.2 Å². The Morgan fingerprint density at radius 3 is 2.56 bits per heavy atom. The highest BCUT2D eigenvalue weighted by Crippen LogP contribution is 2.27. The minimum absolute atomic E-state index is 0.0816. The molecule has 0 radical (unpaired) electrons. The Labute approximate surface area is 105 Å². The summed E-state index contributed by atoms with van der Waals surface area (Å²) in [5.74, 6) is -1.79. The van der Waals surface area contributed by atoms with Crippen molar-refractivity contribution < 1.29 is 24.2 Å². The summed E-state index contributed by atoms with van der Waals surface area (Å²) in [7, 11) is 0. The molecule has 0 saturated heterocycles. The average Bonchev–Trinajstić information content (AvgIpc) is 2.59. The Kier molecular flexibility index (Phi) is 3.91. The molecule has 6 heteroatoms. The summed E-state index contributed by atoms with van der Waals surface area (Å²) in [6.07, 6.45) is 2.42. The molecule has 0 aliphatic carbocycles. The van der Waals surface area contributed by atoms with Gasteiger partial charge in [0.25, 0.3) is 5.72 Å². The lowest BCUT2D eigenvalue weighted by molar-refractivity contribution is -0.166. The minimum atomic E-state index is -2.29. The standard InChI is InChI=1S/C12H17NO5/c1-5-17-10(15)12(16)8(6-7-13-12)9(14)18-11(2,3)4/h6-7,16H,5H2,1-4H3. The smallest absolute Gasteiger partial charge is 0.366 e. The molecule has 1 N–H and O–H groups in total. The van der Waals surface area contributed by atoms with Gasteiger partial charge in [-0.25, -0.2) is 14.6 Å². The van der Waals surface area contributed by atoms with E-state index in [1.165, 1.54) is 12.3 Å².